The molecule has 0 fully saturated rings. The Morgan fingerprint density at radius 3 is 2.38 bits per heavy atom. The number of aliphatic hydroxyl groups excluding tert-OH is 1. The molecule has 1 N–H and O–H groups in total. The molecule has 34 heavy (non-hydrogen) atoms. The van der Waals surface area contributed by atoms with Gasteiger partial charge in [-0.3, -0.25) is 0 Å². The van der Waals surface area contributed by atoms with Crippen LogP contribution < -0.4 is 9.64 Å². The van der Waals surface area contributed by atoms with E-state index in [1.807, 2.05) is 0 Å². The summed E-state index contributed by atoms with van der Waals surface area (Å²) in [6, 6.07) is 6.01. The lowest BCUT2D eigenvalue weighted by Crippen LogP contribution is -2.25. The molecular weight excluding hydrogens is 464 g/mol. The third-order valence-electron chi connectivity index (χ3n) is 4.99. The monoisotopic (exact) mass is 479 g/mol. The van der Waals surface area contributed by atoms with Gasteiger partial charge in [0.25, 0.3) is 0 Å². The van der Waals surface area contributed by atoms with E-state index in [1.54, 1.807) is 0 Å². The minimum Gasteiger partial charge on any atom is -0.438 e. The Balaban J connectivity index is 1.67. The van der Waals surface area contributed by atoms with E-state index in [-0.39, 0.29) is 23.6 Å². The molecule has 0 spiro atoms. The molecule has 0 bridgehead atoms. The first-order chi connectivity index (χ1) is 16.1. The number of halogens is 6. The van der Waals surface area contributed by atoms with Crippen molar-refractivity contribution in [3.63, 3.8) is 0 Å². The second-order valence-corrected chi connectivity index (χ2v) is 7.30. The lowest BCUT2D eigenvalue weighted by Gasteiger charge is -2.27. The first-order valence-electron chi connectivity index (χ1n) is 9.69. The number of nitrogens with zero attached hydrogens (tertiary/aromatic N) is 3. The molecule has 2 aromatic carbocycles. The maximum atomic E-state index is 14.1. The summed E-state index contributed by atoms with van der Waals surface area (Å²) >= 11 is 0. The van der Waals surface area contributed by atoms with Crippen LogP contribution in [0.25, 0.3) is 5.70 Å². The Morgan fingerprint density at radius 2 is 1.74 bits per heavy atom. The molecule has 1 aromatic heterocycles. The van der Waals surface area contributed by atoms with Gasteiger partial charge in [0.15, 0.2) is 0 Å². The molecule has 1 aliphatic heterocycles. The molecule has 2 heterocycles. The largest absolute Gasteiger partial charge is 0.438 e. The van der Waals surface area contributed by atoms with E-state index in [9.17, 15) is 26.3 Å². The summed E-state index contributed by atoms with van der Waals surface area (Å²) in [5, 5.41) is 9.11. The molecule has 11 heteroatoms. The molecule has 0 saturated carbocycles. The molecular formula is C23H15F6N3O2. The normalized spacial score (nSPS) is 13.3. The van der Waals surface area contributed by atoms with Gasteiger partial charge in [0.2, 0.25) is 5.88 Å². The van der Waals surface area contributed by atoms with Gasteiger partial charge < -0.3 is 14.7 Å². The van der Waals surface area contributed by atoms with Gasteiger partial charge in [-0.1, -0.05) is 6.58 Å². The van der Waals surface area contributed by atoms with Crippen molar-refractivity contribution in [1.29, 1.82) is 0 Å². The summed E-state index contributed by atoms with van der Waals surface area (Å²) in [6.45, 7) is 2.81. The zero-order chi connectivity index (χ0) is 24.6. The number of ether oxygens (including phenoxy) is 1. The van der Waals surface area contributed by atoms with Crippen LogP contribution >= 0.6 is 0 Å². The molecule has 176 valence electrons. The van der Waals surface area contributed by atoms with Crippen molar-refractivity contribution < 1.29 is 36.2 Å². The summed E-state index contributed by atoms with van der Waals surface area (Å²) in [5.74, 6) is -3.95. The smallest absolute Gasteiger partial charge is 0.421 e. The number of hydrogen-bond donors (Lipinski definition) is 1. The van der Waals surface area contributed by atoms with Gasteiger partial charge in [0, 0.05) is 29.5 Å². The van der Waals surface area contributed by atoms with E-state index in [0.29, 0.717) is 23.4 Å². The average molecular weight is 479 g/mol. The number of pyridine rings is 1. The van der Waals surface area contributed by atoms with Gasteiger partial charge in [-0.25, -0.2) is 23.1 Å². The summed E-state index contributed by atoms with van der Waals surface area (Å²) < 4.78 is 87.1. The first-order valence-corrected chi connectivity index (χ1v) is 9.69. The Morgan fingerprint density at radius 1 is 1.03 bits per heavy atom. The van der Waals surface area contributed by atoms with Crippen molar-refractivity contribution in [2.75, 3.05) is 4.90 Å². The zero-order valence-electron chi connectivity index (χ0n) is 17.2. The van der Waals surface area contributed by atoms with E-state index >= 15 is 0 Å². The maximum Gasteiger partial charge on any atom is 0.421 e. The number of benzene rings is 2. The second kappa shape index (κ2) is 8.82. The van der Waals surface area contributed by atoms with Gasteiger partial charge in [-0.2, -0.15) is 13.2 Å². The highest BCUT2D eigenvalue weighted by Gasteiger charge is 2.36. The Kier molecular flexibility index (Phi) is 6.05. The molecule has 0 unspecified atom stereocenters. The molecule has 3 aromatic rings. The highest BCUT2D eigenvalue weighted by Crippen LogP contribution is 2.40. The van der Waals surface area contributed by atoms with Crippen molar-refractivity contribution in [2.24, 2.45) is 4.99 Å². The van der Waals surface area contributed by atoms with E-state index in [4.69, 9.17) is 9.84 Å². The predicted octanol–water partition coefficient (Wildman–Crippen LogP) is 5.82. The number of rotatable bonds is 5. The summed E-state index contributed by atoms with van der Waals surface area (Å²) in [4.78, 5) is 9.10. The van der Waals surface area contributed by atoms with Crippen LogP contribution in [0.5, 0.6) is 11.6 Å². The summed E-state index contributed by atoms with van der Waals surface area (Å²) in [6.07, 6.45) is -2.44. The standard InChI is InChI=1S/C23H15F6N3O2/c1-12-16-7-15(34-22-18(23(27,28)29)4-13(10-33)8-30-22)2-3-21(16)32(11-31-12)9-17-19(25)5-14(24)6-20(17)26/h2-8,11,33H,1,9-10H2. The van der Waals surface area contributed by atoms with Crippen LogP contribution in [0.1, 0.15) is 22.3 Å². The van der Waals surface area contributed by atoms with E-state index in [0.717, 1.165) is 12.3 Å². The number of alkyl halides is 3. The van der Waals surface area contributed by atoms with Crippen LogP contribution in [-0.2, 0) is 19.3 Å². The lowest BCUT2D eigenvalue weighted by atomic mass is 10.1. The number of aliphatic imine (C=N–C) groups is 1. The third kappa shape index (κ3) is 4.60. The van der Waals surface area contributed by atoms with E-state index in [2.05, 4.69) is 16.6 Å². The molecule has 5 nitrogen and oxygen atoms in total. The summed E-state index contributed by atoms with van der Waals surface area (Å²) in [7, 11) is 0. The second-order valence-electron chi connectivity index (χ2n) is 7.30. The van der Waals surface area contributed by atoms with Crippen LogP contribution in [0.15, 0.2) is 54.2 Å². The van der Waals surface area contributed by atoms with Crippen molar-refractivity contribution in [2.45, 2.75) is 19.3 Å². The fourth-order valence-corrected chi connectivity index (χ4v) is 3.33. The van der Waals surface area contributed by atoms with Gasteiger partial charge in [-0.05, 0) is 29.8 Å². The number of hydrogen-bond acceptors (Lipinski definition) is 5. The maximum absolute atomic E-state index is 14.1. The zero-order valence-corrected chi connectivity index (χ0v) is 17.2. The van der Waals surface area contributed by atoms with Gasteiger partial charge in [0.1, 0.15) is 28.8 Å². The van der Waals surface area contributed by atoms with Crippen molar-refractivity contribution in [3.8, 4) is 11.6 Å². The third-order valence-corrected chi connectivity index (χ3v) is 4.99. The number of fused-ring (bicyclic) bond motifs is 1. The van der Waals surface area contributed by atoms with E-state index in [1.165, 1.54) is 29.4 Å². The van der Waals surface area contributed by atoms with Crippen LogP contribution in [0.4, 0.5) is 32.0 Å². The van der Waals surface area contributed by atoms with Crippen molar-refractivity contribution in [3.05, 3.63) is 88.9 Å². The minimum absolute atomic E-state index is 0.0224. The molecule has 4 rings (SSSR count). The van der Waals surface area contributed by atoms with Crippen LogP contribution in [0, 0.1) is 17.5 Å². The molecule has 0 amide bonds. The Hall–Kier alpha value is -3.86. The minimum atomic E-state index is -4.78. The molecule has 0 saturated heterocycles. The average Bonchev–Trinajstić information content (AvgIpc) is 2.77. The fourth-order valence-electron chi connectivity index (χ4n) is 3.33. The topological polar surface area (TPSA) is 58.0 Å². The fraction of sp³-hybridized carbons (Fsp3) is 0.130. The van der Waals surface area contributed by atoms with Crippen molar-refractivity contribution >= 4 is 17.7 Å². The van der Waals surface area contributed by atoms with Crippen LogP contribution in [0.2, 0.25) is 0 Å². The van der Waals surface area contributed by atoms with Gasteiger partial charge in [0.05, 0.1) is 30.9 Å². The highest BCUT2D eigenvalue weighted by molar-refractivity contribution is 5.94. The molecule has 0 aliphatic carbocycles. The van der Waals surface area contributed by atoms with Crippen molar-refractivity contribution in [1.82, 2.24) is 4.98 Å². The van der Waals surface area contributed by atoms with Crippen LogP contribution in [-0.4, -0.2) is 16.4 Å². The first kappa shape index (κ1) is 23.3. The van der Waals surface area contributed by atoms with Gasteiger partial charge in [-0.15, -0.1) is 0 Å². The Bertz CT molecular complexity index is 1280. The molecule has 0 radical (unpaired) electrons. The predicted molar refractivity (Wildman–Crippen MR) is 112 cm³/mol. The quantitative estimate of drug-likeness (QED) is 0.469. The van der Waals surface area contributed by atoms with Crippen LogP contribution in [0.3, 0.4) is 0 Å². The van der Waals surface area contributed by atoms with Gasteiger partial charge >= 0.3 is 6.18 Å². The molecule has 1 aliphatic rings. The SMILES string of the molecule is C=C1N=CN(Cc2c(F)cc(F)cc2F)c2ccc(Oc3ncc(CO)cc3C(F)(F)F)cc21. The number of aromatic nitrogens is 1. The number of aliphatic hydroxyl groups is 1. The summed E-state index contributed by atoms with van der Waals surface area (Å²) in [5.41, 5.74) is -0.633. The molecule has 0 atom stereocenters. The number of anilines is 1. The Labute approximate surface area is 189 Å². The highest BCUT2D eigenvalue weighted by atomic mass is 19.4. The van der Waals surface area contributed by atoms with E-state index < -0.39 is 47.2 Å². The lowest BCUT2D eigenvalue weighted by molar-refractivity contribution is -0.139.